The molecular weight excluding hydrogens is 428 g/mol. The van der Waals surface area contributed by atoms with Crippen LogP contribution in [0.4, 0.5) is 0 Å². The maximum absolute atomic E-state index is 13.1. The highest BCUT2D eigenvalue weighted by molar-refractivity contribution is 7.80. The molecule has 0 aromatic heterocycles. The summed E-state index contributed by atoms with van der Waals surface area (Å²) in [7, 11) is 3.23. The lowest BCUT2D eigenvalue weighted by molar-refractivity contribution is -0.175. The number of thiocarbonyl (C=S) groups is 1. The molecule has 1 fully saturated rings. The second-order valence-electron chi connectivity index (χ2n) is 7.94. The minimum Gasteiger partial charge on any atom is -0.493 e. The SMILES string of the molecule is CCOC(=O)C1C2NC(=S)N(CCc3ccc(OC)c(OC)c3)C1(C)Oc1ccccc12. The zero-order valence-corrected chi connectivity index (χ0v) is 19.5. The summed E-state index contributed by atoms with van der Waals surface area (Å²) in [5.41, 5.74) is 0.981. The number of nitrogens with zero attached hydrogens (tertiary/aromatic N) is 1. The summed E-state index contributed by atoms with van der Waals surface area (Å²) in [5.74, 6) is 1.21. The Hall–Kier alpha value is -3.00. The van der Waals surface area contributed by atoms with E-state index in [1.54, 1.807) is 21.1 Å². The monoisotopic (exact) mass is 456 g/mol. The van der Waals surface area contributed by atoms with Gasteiger partial charge < -0.3 is 29.2 Å². The van der Waals surface area contributed by atoms with Crippen molar-refractivity contribution in [2.45, 2.75) is 32.0 Å². The van der Waals surface area contributed by atoms with Crippen molar-refractivity contribution in [2.24, 2.45) is 5.92 Å². The van der Waals surface area contributed by atoms with Gasteiger partial charge in [-0.25, -0.2) is 0 Å². The van der Waals surface area contributed by atoms with Gasteiger partial charge in [0.25, 0.3) is 0 Å². The number of methoxy groups -OCH3 is 2. The first-order valence-electron chi connectivity index (χ1n) is 10.7. The van der Waals surface area contributed by atoms with Crippen LogP contribution in [0.1, 0.15) is 31.0 Å². The van der Waals surface area contributed by atoms with E-state index in [2.05, 4.69) is 5.32 Å². The first-order chi connectivity index (χ1) is 15.4. The lowest BCUT2D eigenvalue weighted by Gasteiger charge is -2.55. The van der Waals surface area contributed by atoms with Gasteiger partial charge in [0, 0.05) is 12.1 Å². The van der Waals surface area contributed by atoms with Crippen LogP contribution in [0.2, 0.25) is 0 Å². The van der Waals surface area contributed by atoms with Gasteiger partial charge in [0.2, 0.25) is 0 Å². The van der Waals surface area contributed by atoms with E-state index in [0.29, 0.717) is 36.2 Å². The lowest BCUT2D eigenvalue weighted by atomic mass is 9.79. The number of hydrogen-bond acceptors (Lipinski definition) is 6. The third kappa shape index (κ3) is 3.72. The number of esters is 1. The first kappa shape index (κ1) is 22.2. The minimum atomic E-state index is -0.982. The Morgan fingerprint density at radius 2 is 1.94 bits per heavy atom. The van der Waals surface area contributed by atoms with Crippen molar-refractivity contribution in [1.82, 2.24) is 10.2 Å². The Morgan fingerprint density at radius 3 is 2.66 bits per heavy atom. The van der Waals surface area contributed by atoms with Crippen molar-refractivity contribution in [3.63, 3.8) is 0 Å². The molecule has 3 atom stereocenters. The smallest absolute Gasteiger partial charge is 0.317 e. The molecule has 32 heavy (non-hydrogen) atoms. The van der Waals surface area contributed by atoms with Gasteiger partial charge in [-0.2, -0.15) is 0 Å². The van der Waals surface area contributed by atoms with Crippen LogP contribution in [-0.4, -0.2) is 49.1 Å². The van der Waals surface area contributed by atoms with E-state index in [1.165, 1.54) is 0 Å². The van der Waals surface area contributed by atoms with Gasteiger partial charge >= 0.3 is 5.97 Å². The molecule has 170 valence electrons. The molecule has 2 aromatic carbocycles. The lowest BCUT2D eigenvalue weighted by Crippen LogP contribution is -2.71. The normalized spacial score (nSPS) is 23.5. The number of para-hydroxylation sites is 1. The molecule has 1 saturated heterocycles. The number of hydrogen-bond donors (Lipinski definition) is 1. The third-order valence-electron chi connectivity index (χ3n) is 6.15. The second-order valence-corrected chi connectivity index (χ2v) is 8.33. The largest absolute Gasteiger partial charge is 0.493 e. The molecule has 8 heteroatoms. The van der Waals surface area contributed by atoms with Gasteiger partial charge in [-0.3, -0.25) is 4.79 Å². The van der Waals surface area contributed by atoms with E-state index in [0.717, 1.165) is 16.9 Å². The summed E-state index contributed by atoms with van der Waals surface area (Å²) in [5, 5.41) is 3.93. The number of carbonyl (C=O) groups is 1. The van der Waals surface area contributed by atoms with E-state index in [4.69, 9.17) is 31.2 Å². The van der Waals surface area contributed by atoms with E-state index < -0.39 is 11.6 Å². The molecule has 0 amide bonds. The van der Waals surface area contributed by atoms with Crippen LogP contribution in [0.25, 0.3) is 0 Å². The quantitative estimate of drug-likeness (QED) is 0.502. The number of fused-ring (bicyclic) bond motifs is 4. The number of rotatable bonds is 7. The summed E-state index contributed by atoms with van der Waals surface area (Å²) >= 11 is 5.73. The molecule has 2 aromatic rings. The average Bonchev–Trinajstić information content (AvgIpc) is 2.78. The molecule has 7 nitrogen and oxygen atoms in total. The highest BCUT2D eigenvalue weighted by atomic mass is 32.1. The van der Waals surface area contributed by atoms with Crippen molar-refractivity contribution >= 4 is 23.3 Å². The zero-order chi connectivity index (χ0) is 22.9. The zero-order valence-electron chi connectivity index (χ0n) is 18.7. The van der Waals surface area contributed by atoms with Crippen molar-refractivity contribution in [1.29, 1.82) is 0 Å². The van der Waals surface area contributed by atoms with Crippen LogP contribution in [0, 0.1) is 5.92 Å². The molecule has 2 bridgehead atoms. The highest BCUT2D eigenvalue weighted by Crippen LogP contribution is 2.48. The molecule has 4 rings (SSSR count). The first-order valence-corrected chi connectivity index (χ1v) is 11.1. The van der Waals surface area contributed by atoms with Crippen LogP contribution in [0.15, 0.2) is 42.5 Å². The molecule has 0 saturated carbocycles. The van der Waals surface area contributed by atoms with Crippen molar-refractivity contribution in [2.75, 3.05) is 27.4 Å². The molecule has 0 radical (unpaired) electrons. The Kier molecular flexibility index (Phi) is 6.15. The van der Waals surface area contributed by atoms with Crippen molar-refractivity contribution < 1.29 is 23.7 Å². The molecule has 3 unspecified atom stereocenters. The fourth-order valence-corrected chi connectivity index (χ4v) is 4.99. The van der Waals surface area contributed by atoms with E-state index in [-0.39, 0.29) is 12.0 Å². The van der Waals surface area contributed by atoms with Crippen LogP contribution >= 0.6 is 12.2 Å². The molecule has 0 spiro atoms. The maximum atomic E-state index is 13.1. The number of carbonyl (C=O) groups excluding carboxylic acids is 1. The van der Waals surface area contributed by atoms with Gasteiger partial charge in [0.05, 0.1) is 26.9 Å². The van der Waals surface area contributed by atoms with Gasteiger partial charge in [-0.1, -0.05) is 24.3 Å². The van der Waals surface area contributed by atoms with Crippen molar-refractivity contribution in [3.8, 4) is 17.2 Å². The van der Waals surface area contributed by atoms with E-state index in [1.807, 2.05) is 54.3 Å². The number of nitrogens with one attached hydrogen (secondary N) is 1. The van der Waals surface area contributed by atoms with Crippen LogP contribution in [0.5, 0.6) is 17.2 Å². The molecule has 2 heterocycles. The average molecular weight is 457 g/mol. The van der Waals surface area contributed by atoms with Gasteiger partial charge in [-0.05, 0) is 56.2 Å². The molecule has 1 N–H and O–H groups in total. The summed E-state index contributed by atoms with van der Waals surface area (Å²) < 4.78 is 22.7. The fraction of sp³-hybridized carbons (Fsp3) is 0.417. The molecule has 2 aliphatic heterocycles. The summed E-state index contributed by atoms with van der Waals surface area (Å²) in [6.07, 6.45) is 0.670. The van der Waals surface area contributed by atoms with Gasteiger partial charge in [0.15, 0.2) is 22.3 Å². The third-order valence-corrected chi connectivity index (χ3v) is 6.49. The van der Waals surface area contributed by atoms with Crippen molar-refractivity contribution in [3.05, 3.63) is 53.6 Å². The second kappa shape index (κ2) is 8.86. The topological polar surface area (TPSA) is 69.3 Å². The standard InChI is InChI=1S/C24H28N2O5S/c1-5-30-22(27)20-21-16-8-6-7-9-17(16)31-24(20,2)26(23(32)25-21)13-12-15-10-11-18(28-3)19(14-15)29-4/h6-11,14,20-21H,5,12-13H2,1-4H3,(H,25,32). The Morgan fingerprint density at radius 1 is 1.19 bits per heavy atom. The molecular formula is C24H28N2O5S. The van der Waals surface area contributed by atoms with Crippen LogP contribution < -0.4 is 19.5 Å². The fourth-order valence-electron chi connectivity index (χ4n) is 4.59. The predicted octanol–water partition coefficient (Wildman–Crippen LogP) is 3.47. The number of ether oxygens (including phenoxy) is 4. The highest BCUT2D eigenvalue weighted by Gasteiger charge is 2.59. The summed E-state index contributed by atoms with van der Waals surface area (Å²) in [4.78, 5) is 15.0. The van der Waals surface area contributed by atoms with Gasteiger partial charge in [-0.15, -0.1) is 0 Å². The van der Waals surface area contributed by atoms with Crippen LogP contribution in [0.3, 0.4) is 0 Å². The van der Waals surface area contributed by atoms with Gasteiger partial charge in [0.1, 0.15) is 11.7 Å². The Bertz CT molecular complexity index is 1030. The number of benzene rings is 2. The Balaban J connectivity index is 1.66. The summed E-state index contributed by atoms with van der Waals surface area (Å²) in [6.45, 7) is 4.57. The van der Waals surface area contributed by atoms with Crippen LogP contribution in [-0.2, 0) is 16.0 Å². The summed E-state index contributed by atoms with van der Waals surface area (Å²) in [6, 6.07) is 13.3. The Labute approximate surface area is 193 Å². The molecule has 2 aliphatic rings. The molecule has 0 aliphatic carbocycles. The minimum absolute atomic E-state index is 0.301. The predicted molar refractivity (Wildman–Crippen MR) is 124 cm³/mol. The maximum Gasteiger partial charge on any atom is 0.317 e. The van der Waals surface area contributed by atoms with E-state index in [9.17, 15) is 4.79 Å². The van der Waals surface area contributed by atoms with E-state index >= 15 is 0 Å².